The molecule has 98 valence electrons. The van der Waals surface area contributed by atoms with Crippen molar-refractivity contribution in [3.8, 4) is 0 Å². The van der Waals surface area contributed by atoms with Crippen LogP contribution in [0.25, 0.3) is 0 Å². The number of rotatable bonds is 4. The summed E-state index contributed by atoms with van der Waals surface area (Å²) >= 11 is 0. The molecule has 0 aliphatic rings. The van der Waals surface area contributed by atoms with Crippen molar-refractivity contribution in [2.75, 3.05) is 0 Å². The van der Waals surface area contributed by atoms with E-state index in [4.69, 9.17) is 5.84 Å². The summed E-state index contributed by atoms with van der Waals surface area (Å²) in [5.41, 5.74) is 3.28. The van der Waals surface area contributed by atoms with Gasteiger partial charge in [0.2, 0.25) is 6.33 Å². The topological polar surface area (TPSA) is 129 Å². The van der Waals surface area contributed by atoms with Crippen LogP contribution in [0.4, 0.5) is 5.95 Å². The third-order valence-corrected chi connectivity index (χ3v) is 2.38. The molecule has 0 radical (unpaired) electrons. The summed E-state index contributed by atoms with van der Waals surface area (Å²) in [6.45, 7) is 0.325. The number of nitrogens with one attached hydrogen (secondary N) is 1. The third kappa shape index (κ3) is 2.90. The zero-order valence-corrected chi connectivity index (χ0v) is 9.68. The first kappa shape index (κ1) is 12.6. The molecule has 2 aromatic rings. The summed E-state index contributed by atoms with van der Waals surface area (Å²) in [7, 11) is 0. The standard InChI is InChI=1S/C10H10N6O3/c11-13-9(17)8-3-1-7(2-4-8)5-15-6-12-10(14-15)16(18)19/h1-4,6H,5,11H2,(H,13,17). The Kier molecular flexibility index (Phi) is 3.48. The Hall–Kier alpha value is -2.81. The average molecular weight is 262 g/mol. The van der Waals surface area contributed by atoms with Gasteiger partial charge in [0.1, 0.15) is 0 Å². The van der Waals surface area contributed by atoms with Crippen LogP contribution in [0.1, 0.15) is 15.9 Å². The van der Waals surface area contributed by atoms with Gasteiger partial charge < -0.3 is 10.1 Å². The van der Waals surface area contributed by atoms with Crippen molar-refractivity contribution in [1.82, 2.24) is 20.2 Å². The molecule has 0 bridgehead atoms. The van der Waals surface area contributed by atoms with Crippen molar-refractivity contribution < 1.29 is 9.72 Å². The van der Waals surface area contributed by atoms with Gasteiger partial charge in [0.25, 0.3) is 5.91 Å². The van der Waals surface area contributed by atoms with Crippen LogP contribution in [0.5, 0.6) is 0 Å². The molecule has 0 fully saturated rings. The number of amides is 1. The molecule has 9 nitrogen and oxygen atoms in total. The molecule has 0 saturated heterocycles. The van der Waals surface area contributed by atoms with E-state index < -0.39 is 10.9 Å². The van der Waals surface area contributed by atoms with E-state index in [1.165, 1.54) is 11.0 Å². The van der Waals surface area contributed by atoms with Gasteiger partial charge in [-0.1, -0.05) is 17.1 Å². The number of hydrogen-bond acceptors (Lipinski definition) is 6. The van der Waals surface area contributed by atoms with E-state index in [1.807, 2.05) is 5.43 Å². The highest BCUT2D eigenvalue weighted by Crippen LogP contribution is 2.07. The fourth-order valence-corrected chi connectivity index (χ4v) is 1.48. The molecule has 0 aliphatic heterocycles. The lowest BCUT2D eigenvalue weighted by Gasteiger charge is -2.01. The monoisotopic (exact) mass is 262 g/mol. The number of aromatic nitrogens is 3. The van der Waals surface area contributed by atoms with Crippen LogP contribution in [-0.4, -0.2) is 25.6 Å². The molecule has 1 aromatic carbocycles. The van der Waals surface area contributed by atoms with Gasteiger partial charge >= 0.3 is 5.95 Å². The molecule has 2 rings (SSSR count). The highest BCUT2D eigenvalue weighted by Gasteiger charge is 2.13. The minimum atomic E-state index is -0.662. The maximum absolute atomic E-state index is 11.2. The second-order valence-electron chi connectivity index (χ2n) is 3.67. The first-order chi connectivity index (χ1) is 9.10. The first-order valence-corrected chi connectivity index (χ1v) is 5.24. The average Bonchev–Trinajstić information content (AvgIpc) is 2.87. The zero-order valence-electron chi connectivity index (χ0n) is 9.68. The fourth-order valence-electron chi connectivity index (χ4n) is 1.48. The Morgan fingerprint density at radius 2 is 2.11 bits per heavy atom. The van der Waals surface area contributed by atoms with Gasteiger partial charge in [0.15, 0.2) is 0 Å². The normalized spacial score (nSPS) is 10.2. The van der Waals surface area contributed by atoms with Crippen LogP contribution in [0.3, 0.4) is 0 Å². The van der Waals surface area contributed by atoms with Crippen molar-refractivity contribution in [3.63, 3.8) is 0 Å². The summed E-state index contributed by atoms with van der Waals surface area (Å²) < 4.78 is 1.34. The molecule has 0 saturated carbocycles. The van der Waals surface area contributed by atoms with Gasteiger partial charge in [0, 0.05) is 10.7 Å². The summed E-state index contributed by atoms with van der Waals surface area (Å²) in [4.78, 5) is 24.5. The highest BCUT2D eigenvalue weighted by molar-refractivity contribution is 5.93. The van der Waals surface area contributed by atoms with Gasteiger partial charge in [-0.25, -0.2) is 5.84 Å². The molecule has 1 heterocycles. The molecule has 1 amide bonds. The second kappa shape index (κ2) is 5.23. The Morgan fingerprint density at radius 3 is 2.63 bits per heavy atom. The Morgan fingerprint density at radius 1 is 1.42 bits per heavy atom. The van der Waals surface area contributed by atoms with Crippen LogP contribution in [0.2, 0.25) is 0 Å². The van der Waals surface area contributed by atoms with Crippen molar-refractivity contribution in [3.05, 3.63) is 51.8 Å². The van der Waals surface area contributed by atoms with Gasteiger partial charge in [-0.3, -0.25) is 10.2 Å². The van der Waals surface area contributed by atoms with Crippen LogP contribution in [0, 0.1) is 10.1 Å². The Bertz CT molecular complexity index is 606. The van der Waals surface area contributed by atoms with Gasteiger partial charge in [0.05, 0.1) is 6.54 Å². The van der Waals surface area contributed by atoms with E-state index >= 15 is 0 Å². The van der Waals surface area contributed by atoms with Gasteiger partial charge in [-0.2, -0.15) is 4.68 Å². The van der Waals surface area contributed by atoms with E-state index in [-0.39, 0.29) is 5.91 Å². The number of carbonyl (C=O) groups is 1. The SMILES string of the molecule is NNC(=O)c1ccc(Cn2cnc([N+](=O)[O-])n2)cc1. The molecule has 9 heteroatoms. The van der Waals surface area contributed by atoms with Crippen LogP contribution >= 0.6 is 0 Å². The predicted octanol–water partition coefficient (Wildman–Crippen LogP) is -0.162. The van der Waals surface area contributed by atoms with E-state index in [9.17, 15) is 14.9 Å². The Labute approximate surface area is 107 Å². The lowest BCUT2D eigenvalue weighted by Crippen LogP contribution is -2.29. The van der Waals surface area contributed by atoms with Crippen LogP contribution < -0.4 is 11.3 Å². The number of nitro groups is 1. The number of nitrogens with zero attached hydrogens (tertiary/aromatic N) is 4. The molecule has 0 atom stereocenters. The first-order valence-electron chi connectivity index (χ1n) is 5.24. The lowest BCUT2D eigenvalue weighted by molar-refractivity contribution is -0.394. The van der Waals surface area contributed by atoms with Crippen LogP contribution in [-0.2, 0) is 6.54 Å². The summed E-state index contributed by atoms with van der Waals surface area (Å²) in [6.07, 6.45) is 1.28. The number of benzene rings is 1. The lowest BCUT2D eigenvalue weighted by atomic mass is 10.1. The van der Waals surface area contributed by atoms with E-state index in [0.29, 0.717) is 12.1 Å². The van der Waals surface area contributed by atoms with E-state index in [1.54, 1.807) is 24.3 Å². The van der Waals surface area contributed by atoms with Crippen molar-refractivity contribution >= 4 is 11.9 Å². The number of hydrogen-bond donors (Lipinski definition) is 2. The van der Waals surface area contributed by atoms with E-state index in [2.05, 4.69) is 10.1 Å². The van der Waals surface area contributed by atoms with Crippen molar-refractivity contribution in [2.45, 2.75) is 6.54 Å². The summed E-state index contributed by atoms with van der Waals surface area (Å²) in [6, 6.07) is 6.61. The van der Waals surface area contributed by atoms with Crippen molar-refractivity contribution in [1.29, 1.82) is 0 Å². The molecule has 19 heavy (non-hydrogen) atoms. The number of nitrogens with two attached hydrogens (primary N) is 1. The maximum Gasteiger partial charge on any atom is 0.490 e. The maximum atomic E-state index is 11.2. The quantitative estimate of drug-likeness (QED) is 0.341. The number of hydrazine groups is 1. The van der Waals surface area contributed by atoms with Crippen LogP contribution in [0.15, 0.2) is 30.6 Å². The number of nitrogen functional groups attached to an aromatic ring is 1. The summed E-state index contributed by atoms with van der Waals surface area (Å²) in [5, 5.41) is 14.1. The summed E-state index contributed by atoms with van der Waals surface area (Å²) in [5.74, 6) is 4.18. The minimum absolute atomic E-state index is 0.325. The third-order valence-electron chi connectivity index (χ3n) is 2.38. The fraction of sp³-hybridized carbons (Fsp3) is 0.100. The molecule has 0 unspecified atom stereocenters. The molecular weight excluding hydrogens is 252 g/mol. The number of carbonyl (C=O) groups excluding carboxylic acids is 1. The molecular formula is C10H10N6O3. The predicted molar refractivity (Wildman–Crippen MR) is 63.9 cm³/mol. The largest absolute Gasteiger partial charge is 0.490 e. The molecule has 0 spiro atoms. The molecule has 0 aliphatic carbocycles. The second-order valence-corrected chi connectivity index (χ2v) is 3.67. The van der Waals surface area contributed by atoms with Gasteiger partial charge in [-0.05, 0) is 22.6 Å². The van der Waals surface area contributed by atoms with Gasteiger partial charge in [-0.15, -0.1) is 0 Å². The Balaban J connectivity index is 2.10. The van der Waals surface area contributed by atoms with Crippen molar-refractivity contribution in [2.24, 2.45) is 5.84 Å². The molecule has 3 N–H and O–H groups in total. The smallest absolute Gasteiger partial charge is 0.390 e. The minimum Gasteiger partial charge on any atom is -0.390 e. The van der Waals surface area contributed by atoms with E-state index in [0.717, 1.165) is 5.56 Å². The zero-order chi connectivity index (χ0) is 13.8. The molecule has 1 aromatic heterocycles. The highest BCUT2D eigenvalue weighted by atomic mass is 16.6.